The van der Waals surface area contributed by atoms with Crippen molar-refractivity contribution in [2.75, 3.05) is 0 Å². The number of amides is 1. The van der Waals surface area contributed by atoms with E-state index >= 15 is 0 Å². The summed E-state index contributed by atoms with van der Waals surface area (Å²) < 4.78 is 0. The summed E-state index contributed by atoms with van der Waals surface area (Å²) in [5, 5.41) is 5.23. The third-order valence-electron chi connectivity index (χ3n) is 5.16. The maximum Gasteiger partial charge on any atom is 0.220 e. The van der Waals surface area contributed by atoms with Gasteiger partial charge in [0.05, 0.1) is 6.04 Å². The number of aromatic amines is 1. The maximum atomic E-state index is 12.5. The van der Waals surface area contributed by atoms with E-state index in [4.69, 9.17) is 11.6 Å². The van der Waals surface area contributed by atoms with E-state index in [1.807, 2.05) is 30.3 Å². The van der Waals surface area contributed by atoms with Gasteiger partial charge < -0.3 is 10.3 Å². The molecule has 1 saturated carbocycles. The zero-order valence-electron chi connectivity index (χ0n) is 14.7. The Labute approximate surface area is 158 Å². The monoisotopic (exact) mass is 366 g/mol. The molecule has 2 N–H and O–H groups in total. The van der Waals surface area contributed by atoms with Crippen molar-refractivity contribution < 1.29 is 4.79 Å². The van der Waals surface area contributed by atoms with Crippen LogP contribution >= 0.6 is 11.6 Å². The molecule has 1 heterocycles. The molecule has 0 bridgehead atoms. The molecule has 1 amide bonds. The fraction of sp³-hybridized carbons (Fsp3) is 0.318. The fourth-order valence-corrected chi connectivity index (χ4v) is 3.72. The number of H-pyrrole nitrogens is 1. The van der Waals surface area contributed by atoms with Gasteiger partial charge in [-0.3, -0.25) is 4.79 Å². The lowest BCUT2D eigenvalue weighted by molar-refractivity contribution is -0.122. The number of para-hydroxylation sites is 1. The van der Waals surface area contributed by atoms with Crippen LogP contribution in [0.1, 0.15) is 42.9 Å². The molecule has 0 saturated heterocycles. The predicted molar refractivity (Wildman–Crippen MR) is 106 cm³/mol. The summed E-state index contributed by atoms with van der Waals surface area (Å²) >= 11 is 5.99. The predicted octanol–water partition coefficient (Wildman–Crippen LogP) is 5.41. The van der Waals surface area contributed by atoms with E-state index in [0.717, 1.165) is 28.9 Å². The van der Waals surface area contributed by atoms with Crippen LogP contribution in [-0.4, -0.2) is 10.9 Å². The number of halogens is 1. The number of hydrogen-bond acceptors (Lipinski definition) is 1. The van der Waals surface area contributed by atoms with Crippen molar-refractivity contribution in [2.45, 2.75) is 38.1 Å². The van der Waals surface area contributed by atoms with E-state index in [2.05, 4.69) is 34.7 Å². The van der Waals surface area contributed by atoms with Gasteiger partial charge in [-0.25, -0.2) is 0 Å². The summed E-state index contributed by atoms with van der Waals surface area (Å²) in [5.41, 5.74) is 3.59. The number of aromatic nitrogens is 1. The Kier molecular flexibility index (Phi) is 4.98. The van der Waals surface area contributed by atoms with Crippen molar-refractivity contribution in [1.29, 1.82) is 0 Å². The van der Waals surface area contributed by atoms with Gasteiger partial charge >= 0.3 is 0 Å². The quantitative estimate of drug-likeness (QED) is 0.576. The van der Waals surface area contributed by atoms with Crippen LogP contribution in [0.3, 0.4) is 0 Å². The molecule has 1 fully saturated rings. The second-order valence-electron chi connectivity index (χ2n) is 7.15. The molecule has 26 heavy (non-hydrogen) atoms. The number of fused-ring (bicyclic) bond motifs is 1. The standard InChI is InChI=1S/C22H23ClN2O/c23-18-12-10-16(11-13-18)22(15-8-9-15)25-21(26)7-3-4-17-14-24-20-6-2-1-5-19(17)20/h1-2,5-6,10-15,22,24H,3-4,7-9H2,(H,25,26)/t22-/m1/s1. The molecule has 4 rings (SSSR count). The fourth-order valence-electron chi connectivity index (χ4n) is 3.60. The lowest BCUT2D eigenvalue weighted by Crippen LogP contribution is -2.29. The van der Waals surface area contributed by atoms with E-state index in [1.165, 1.54) is 23.8 Å². The van der Waals surface area contributed by atoms with Crippen molar-refractivity contribution in [3.63, 3.8) is 0 Å². The van der Waals surface area contributed by atoms with Crippen LogP contribution in [0.15, 0.2) is 54.7 Å². The molecular weight excluding hydrogens is 344 g/mol. The van der Waals surface area contributed by atoms with Gasteiger partial charge in [0.15, 0.2) is 0 Å². The first kappa shape index (κ1) is 17.2. The summed E-state index contributed by atoms with van der Waals surface area (Å²) in [6, 6.07) is 16.3. The highest BCUT2D eigenvalue weighted by Crippen LogP contribution is 2.41. The number of carbonyl (C=O) groups is 1. The molecule has 0 aliphatic heterocycles. The lowest BCUT2D eigenvalue weighted by atomic mass is 10.0. The first-order valence-electron chi connectivity index (χ1n) is 9.30. The average Bonchev–Trinajstić information content (AvgIpc) is 3.42. The molecule has 2 aromatic carbocycles. The lowest BCUT2D eigenvalue weighted by Gasteiger charge is -2.19. The summed E-state index contributed by atoms with van der Waals surface area (Å²) in [4.78, 5) is 15.8. The van der Waals surface area contributed by atoms with Crippen LogP contribution in [0, 0.1) is 5.92 Å². The summed E-state index contributed by atoms with van der Waals surface area (Å²) in [5.74, 6) is 0.699. The third kappa shape index (κ3) is 3.94. The van der Waals surface area contributed by atoms with Crippen LogP contribution in [-0.2, 0) is 11.2 Å². The molecule has 4 heteroatoms. The molecule has 1 aliphatic carbocycles. The molecule has 1 aromatic heterocycles. The third-order valence-corrected chi connectivity index (χ3v) is 5.42. The van der Waals surface area contributed by atoms with E-state index in [0.29, 0.717) is 12.3 Å². The van der Waals surface area contributed by atoms with Gasteiger partial charge in [-0.05, 0) is 60.9 Å². The second kappa shape index (κ2) is 7.55. The van der Waals surface area contributed by atoms with Crippen molar-refractivity contribution in [3.05, 3.63) is 70.9 Å². The molecule has 134 valence electrons. The Bertz CT molecular complexity index is 896. The number of carbonyl (C=O) groups excluding carboxylic acids is 1. The molecule has 3 nitrogen and oxygen atoms in total. The Balaban J connectivity index is 1.33. The smallest absolute Gasteiger partial charge is 0.220 e. The van der Waals surface area contributed by atoms with Gasteiger partial charge in [0.25, 0.3) is 0 Å². The molecule has 0 spiro atoms. The van der Waals surface area contributed by atoms with Crippen LogP contribution in [0.5, 0.6) is 0 Å². The Morgan fingerprint density at radius 2 is 1.92 bits per heavy atom. The minimum atomic E-state index is 0.118. The minimum absolute atomic E-state index is 0.118. The zero-order chi connectivity index (χ0) is 17.9. The van der Waals surface area contributed by atoms with Crippen molar-refractivity contribution in [3.8, 4) is 0 Å². The molecule has 1 aliphatic rings. The van der Waals surface area contributed by atoms with Crippen LogP contribution in [0.25, 0.3) is 10.9 Å². The molecule has 0 radical (unpaired) electrons. The van der Waals surface area contributed by atoms with Gasteiger partial charge in [-0.15, -0.1) is 0 Å². The Morgan fingerprint density at radius 3 is 2.69 bits per heavy atom. The normalized spacial score (nSPS) is 15.1. The van der Waals surface area contributed by atoms with Gasteiger partial charge in [-0.1, -0.05) is 41.9 Å². The number of rotatable bonds is 7. The van der Waals surface area contributed by atoms with Crippen LogP contribution in [0.4, 0.5) is 0 Å². The summed E-state index contributed by atoms with van der Waals surface area (Å²) in [7, 11) is 0. The van der Waals surface area contributed by atoms with E-state index in [1.54, 1.807) is 0 Å². The first-order chi connectivity index (χ1) is 12.7. The maximum absolute atomic E-state index is 12.5. The number of benzene rings is 2. The Hall–Kier alpha value is -2.26. The van der Waals surface area contributed by atoms with Crippen LogP contribution in [0.2, 0.25) is 5.02 Å². The number of nitrogens with one attached hydrogen (secondary N) is 2. The summed E-state index contributed by atoms with van der Waals surface area (Å²) in [6.45, 7) is 0. The number of aryl methyl sites for hydroxylation is 1. The van der Waals surface area contributed by atoms with Gasteiger partial charge in [0.2, 0.25) is 5.91 Å². The highest BCUT2D eigenvalue weighted by atomic mass is 35.5. The molecular formula is C22H23ClN2O. The Morgan fingerprint density at radius 1 is 1.15 bits per heavy atom. The largest absolute Gasteiger partial charge is 0.361 e. The van der Waals surface area contributed by atoms with Crippen LogP contribution < -0.4 is 5.32 Å². The first-order valence-corrected chi connectivity index (χ1v) is 9.68. The average molecular weight is 367 g/mol. The highest BCUT2D eigenvalue weighted by Gasteiger charge is 2.33. The van der Waals surface area contributed by atoms with Gasteiger partial charge in [0, 0.05) is 28.5 Å². The molecule has 3 aromatic rings. The molecule has 1 atom stereocenters. The van der Waals surface area contributed by atoms with Crippen molar-refractivity contribution >= 4 is 28.4 Å². The SMILES string of the molecule is O=C(CCCc1c[nH]c2ccccc12)N[C@@H](c1ccc(Cl)cc1)C1CC1. The minimum Gasteiger partial charge on any atom is -0.361 e. The number of hydrogen-bond donors (Lipinski definition) is 2. The topological polar surface area (TPSA) is 44.9 Å². The second-order valence-corrected chi connectivity index (χ2v) is 7.58. The van der Waals surface area contributed by atoms with E-state index in [9.17, 15) is 4.79 Å². The highest BCUT2D eigenvalue weighted by molar-refractivity contribution is 6.30. The summed E-state index contributed by atoms with van der Waals surface area (Å²) in [6.07, 6.45) is 6.74. The molecule has 0 unspecified atom stereocenters. The zero-order valence-corrected chi connectivity index (χ0v) is 15.4. The van der Waals surface area contributed by atoms with Crippen molar-refractivity contribution in [2.24, 2.45) is 5.92 Å². The van der Waals surface area contributed by atoms with Crippen molar-refractivity contribution in [1.82, 2.24) is 10.3 Å². The van der Waals surface area contributed by atoms with E-state index in [-0.39, 0.29) is 11.9 Å². The van der Waals surface area contributed by atoms with E-state index < -0.39 is 0 Å². The van der Waals surface area contributed by atoms with Gasteiger partial charge in [-0.2, -0.15) is 0 Å². The van der Waals surface area contributed by atoms with Gasteiger partial charge in [0.1, 0.15) is 0 Å².